The fourth-order valence-corrected chi connectivity index (χ4v) is 3.20. The van der Waals surface area contributed by atoms with Gasteiger partial charge in [-0.1, -0.05) is 13.3 Å². The largest absolute Gasteiger partial charge is 0.352 e. The second-order valence-corrected chi connectivity index (χ2v) is 6.84. The molecule has 0 aromatic carbocycles. The molecule has 1 aromatic rings. The highest BCUT2D eigenvalue weighted by atomic mass is 32.2. The lowest BCUT2D eigenvalue weighted by Gasteiger charge is -2.39. The van der Waals surface area contributed by atoms with Crippen molar-refractivity contribution in [3.05, 3.63) is 18.3 Å². The number of anilines is 1. The van der Waals surface area contributed by atoms with Crippen molar-refractivity contribution in [2.45, 2.75) is 37.1 Å². The third-order valence-electron chi connectivity index (χ3n) is 4.02. The normalized spacial score (nSPS) is 23.9. The first-order valence-electron chi connectivity index (χ1n) is 6.91. The molecule has 0 radical (unpaired) electrons. The first kappa shape index (κ1) is 15.2. The molecule has 1 fully saturated rings. The predicted molar refractivity (Wildman–Crippen MR) is 78.8 cm³/mol. The Labute approximate surface area is 120 Å². The average molecular weight is 298 g/mol. The van der Waals surface area contributed by atoms with Crippen LogP contribution in [0.3, 0.4) is 0 Å². The summed E-state index contributed by atoms with van der Waals surface area (Å²) < 4.78 is 22.5. The molecule has 1 aromatic heterocycles. The molecule has 6 nitrogen and oxygen atoms in total. The van der Waals surface area contributed by atoms with Gasteiger partial charge in [-0.2, -0.15) is 0 Å². The summed E-state index contributed by atoms with van der Waals surface area (Å²) in [7, 11) is -3.69. The number of rotatable bonds is 4. The summed E-state index contributed by atoms with van der Waals surface area (Å²) in [6, 6.07) is 3.47. The Balaban J connectivity index is 2.18. The van der Waals surface area contributed by atoms with Crippen LogP contribution in [0.5, 0.6) is 0 Å². The Morgan fingerprint density at radius 3 is 2.70 bits per heavy atom. The molecule has 2 unspecified atom stereocenters. The maximum Gasteiger partial charge on any atom is 0.239 e. The van der Waals surface area contributed by atoms with Crippen molar-refractivity contribution in [1.29, 1.82) is 0 Å². The fraction of sp³-hybridized carbons (Fsp3) is 0.615. The summed E-state index contributed by atoms with van der Waals surface area (Å²) in [5.74, 6) is 1.48. The molecule has 0 bridgehead atoms. The molecule has 4 N–H and O–H groups in total. The van der Waals surface area contributed by atoms with Gasteiger partial charge in [0.2, 0.25) is 10.0 Å². The number of nitrogens with two attached hydrogens (primary N) is 2. The first-order chi connectivity index (χ1) is 9.45. The summed E-state index contributed by atoms with van der Waals surface area (Å²) in [5.41, 5.74) is 5.86. The van der Waals surface area contributed by atoms with Gasteiger partial charge in [-0.25, -0.2) is 18.5 Å². The van der Waals surface area contributed by atoms with Crippen LogP contribution in [0, 0.1) is 5.92 Å². The van der Waals surface area contributed by atoms with Crippen molar-refractivity contribution >= 4 is 15.8 Å². The smallest absolute Gasteiger partial charge is 0.239 e. The van der Waals surface area contributed by atoms with E-state index in [4.69, 9.17) is 10.9 Å². The number of primary sulfonamides is 1. The fourth-order valence-electron chi connectivity index (χ4n) is 2.74. The summed E-state index contributed by atoms with van der Waals surface area (Å²) in [4.78, 5) is 6.43. The molecule has 2 atom stereocenters. The van der Waals surface area contributed by atoms with E-state index in [0.717, 1.165) is 25.2 Å². The summed E-state index contributed by atoms with van der Waals surface area (Å²) in [6.45, 7) is 3.68. The molecule has 0 saturated carbocycles. The number of hydrogen-bond acceptors (Lipinski definition) is 5. The Morgan fingerprint density at radius 2 is 2.20 bits per heavy atom. The second kappa shape index (κ2) is 6.07. The maximum absolute atomic E-state index is 11.2. The lowest BCUT2D eigenvalue weighted by Crippen LogP contribution is -2.47. The van der Waals surface area contributed by atoms with Gasteiger partial charge in [0.25, 0.3) is 0 Å². The summed E-state index contributed by atoms with van der Waals surface area (Å²) in [6.07, 6.45) is 4.66. The molecular weight excluding hydrogens is 276 g/mol. The van der Waals surface area contributed by atoms with Gasteiger partial charge in [0, 0.05) is 25.3 Å². The minimum absolute atomic E-state index is 0.0361. The Bertz CT molecular complexity index is 544. The minimum Gasteiger partial charge on any atom is -0.352 e. The van der Waals surface area contributed by atoms with Crippen LogP contribution in [0.15, 0.2) is 23.2 Å². The van der Waals surface area contributed by atoms with Crippen molar-refractivity contribution in [3.8, 4) is 0 Å². The number of pyridine rings is 1. The van der Waals surface area contributed by atoms with Gasteiger partial charge >= 0.3 is 0 Å². The van der Waals surface area contributed by atoms with Crippen LogP contribution in [0.25, 0.3) is 0 Å². The van der Waals surface area contributed by atoms with E-state index in [0.29, 0.717) is 12.5 Å². The van der Waals surface area contributed by atoms with Crippen molar-refractivity contribution in [2.24, 2.45) is 16.8 Å². The van der Waals surface area contributed by atoms with Gasteiger partial charge < -0.3 is 10.6 Å². The molecular formula is C13H22N4O2S. The van der Waals surface area contributed by atoms with Crippen molar-refractivity contribution < 1.29 is 8.42 Å². The zero-order chi connectivity index (χ0) is 14.8. The summed E-state index contributed by atoms with van der Waals surface area (Å²) in [5, 5.41) is 5.07. The van der Waals surface area contributed by atoms with E-state index in [2.05, 4.69) is 16.8 Å². The predicted octanol–water partition coefficient (Wildman–Crippen LogP) is 0.683. The molecule has 1 aliphatic rings. The number of hydrogen-bond donors (Lipinski definition) is 2. The van der Waals surface area contributed by atoms with E-state index in [1.807, 2.05) is 0 Å². The monoisotopic (exact) mass is 298 g/mol. The number of sulfonamides is 1. The highest BCUT2D eigenvalue weighted by Crippen LogP contribution is 2.28. The van der Waals surface area contributed by atoms with Crippen LogP contribution >= 0.6 is 0 Å². The number of nitrogens with zero attached hydrogens (tertiary/aromatic N) is 2. The lowest BCUT2D eigenvalue weighted by atomic mass is 9.89. The van der Waals surface area contributed by atoms with Crippen LogP contribution in [0.4, 0.5) is 5.82 Å². The molecule has 0 amide bonds. The van der Waals surface area contributed by atoms with Gasteiger partial charge in [-0.3, -0.25) is 0 Å². The molecule has 0 aliphatic carbocycles. The van der Waals surface area contributed by atoms with Gasteiger partial charge in [0.1, 0.15) is 10.7 Å². The Kier molecular flexibility index (Phi) is 4.62. The van der Waals surface area contributed by atoms with Crippen molar-refractivity contribution in [2.75, 3.05) is 18.0 Å². The van der Waals surface area contributed by atoms with E-state index in [-0.39, 0.29) is 10.9 Å². The quantitative estimate of drug-likeness (QED) is 0.851. The van der Waals surface area contributed by atoms with Crippen LogP contribution in [0.1, 0.15) is 26.2 Å². The van der Waals surface area contributed by atoms with Gasteiger partial charge in [-0.05, 0) is 30.9 Å². The molecule has 112 valence electrons. The van der Waals surface area contributed by atoms with E-state index in [9.17, 15) is 8.42 Å². The molecule has 20 heavy (non-hydrogen) atoms. The Morgan fingerprint density at radius 1 is 1.45 bits per heavy atom. The Hall–Kier alpha value is -1.18. The van der Waals surface area contributed by atoms with Crippen LogP contribution in [-0.4, -0.2) is 32.5 Å². The zero-order valence-electron chi connectivity index (χ0n) is 11.7. The van der Waals surface area contributed by atoms with E-state index < -0.39 is 10.0 Å². The standard InChI is InChI=1S/C13H22N4O2S/c1-2-10-5-6-17(11(7-10)8-14)13-4-3-12(9-16-13)20(15,18)19/h3-4,9-11H,2,5-8,14H2,1H3,(H2,15,18,19). The van der Waals surface area contributed by atoms with E-state index >= 15 is 0 Å². The third-order valence-corrected chi connectivity index (χ3v) is 4.92. The summed E-state index contributed by atoms with van der Waals surface area (Å²) >= 11 is 0. The highest BCUT2D eigenvalue weighted by Gasteiger charge is 2.27. The van der Waals surface area contributed by atoms with Crippen LogP contribution in [0.2, 0.25) is 0 Å². The van der Waals surface area contributed by atoms with Crippen LogP contribution in [-0.2, 0) is 10.0 Å². The van der Waals surface area contributed by atoms with Gasteiger partial charge in [-0.15, -0.1) is 0 Å². The van der Waals surface area contributed by atoms with E-state index in [1.54, 1.807) is 6.07 Å². The lowest BCUT2D eigenvalue weighted by molar-refractivity contribution is 0.334. The maximum atomic E-state index is 11.2. The molecule has 7 heteroatoms. The van der Waals surface area contributed by atoms with Crippen molar-refractivity contribution in [3.63, 3.8) is 0 Å². The SMILES string of the molecule is CCC1CCN(c2ccc(S(N)(=O)=O)cn2)C(CN)C1. The second-order valence-electron chi connectivity index (χ2n) is 5.28. The first-order valence-corrected chi connectivity index (χ1v) is 8.46. The van der Waals surface area contributed by atoms with Crippen LogP contribution < -0.4 is 15.8 Å². The van der Waals surface area contributed by atoms with Gasteiger partial charge in [0.05, 0.1) is 0 Å². The molecule has 2 heterocycles. The van der Waals surface area contributed by atoms with Crippen molar-refractivity contribution in [1.82, 2.24) is 4.98 Å². The topological polar surface area (TPSA) is 102 Å². The van der Waals surface area contributed by atoms with Gasteiger partial charge in [0.15, 0.2) is 0 Å². The molecule has 2 rings (SSSR count). The number of piperidine rings is 1. The average Bonchev–Trinajstić information content (AvgIpc) is 2.45. The number of aromatic nitrogens is 1. The molecule has 1 saturated heterocycles. The molecule has 0 spiro atoms. The highest BCUT2D eigenvalue weighted by molar-refractivity contribution is 7.89. The third kappa shape index (κ3) is 3.28. The zero-order valence-corrected chi connectivity index (χ0v) is 12.5. The minimum atomic E-state index is -3.69. The molecule has 1 aliphatic heterocycles. The van der Waals surface area contributed by atoms with E-state index in [1.165, 1.54) is 18.7 Å².